The number of nitrogens with zero attached hydrogens (tertiary/aromatic N) is 2. The van der Waals surface area contributed by atoms with Crippen LogP contribution in [0.4, 0.5) is 0 Å². The van der Waals surface area contributed by atoms with Crippen LogP contribution in [0.1, 0.15) is 17.3 Å². The van der Waals surface area contributed by atoms with E-state index in [2.05, 4.69) is 21.2 Å². The van der Waals surface area contributed by atoms with Gasteiger partial charge in [-0.05, 0) is 31.2 Å². The molecule has 1 fully saturated rings. The average molecular weight is 363 g/mol. The second kappa shape index (κ2) is 6.17. The highest BCUT2D eigenvalue weighted by Crippen LogP contribution is 2.23. The lowest BCUT2D eigenvalue weighted by Gasteiger charge is -2.21. The first-order chi connectivity index (χ1) is 9.40. The van der Waals surface area contributed by atoms with Crippen molar-refractivity contribution in [2.45, 2.75) is 24.2 Å². The molecule has 1 aromatic carbocycles. The average Bonchev–Trinajstić information content (AvgIpc) is 2.67. The highest BCUT2D eigenvalue weighted by molar-refractivity contribution is 9.09. The molecule has 0 aliphatic carbocycles. The molecule has 1 aliphatic heterocycles. The maximum absolute atomic E-state index is 12.2. The Morgan fingerprint density at radius 2 is 2.10 bits per heavy atom. The Hall–Kier alpha value is -1.02. The summed E-state index contributed by atoms with van der Waals surface area (Å²) in [4.78, 5) is 23.8. The minimum Gasteiger partial charge on any atom is -0.293 e. The molecule has 0 bridgehead atoms. The molecule has 1 N–H and O–H groups in total. The summed E-state index contributed by atoms with van der Waals surface area (Å²) in [6, 6.07) is 6.58. The number of alkyl halides is 1. The second-order valence-electron chi connectivity index (χ2n) is 4.55. The van der Waals surface area contributed by atoms with E-state index in [0.717, 1.165) is 0 Å². The first-order valence-corrected chi connectivity index (χ1v) is 7.27. The van der Waals surface area contributed by atoms with Gasteiger partial charge in [0, 0.05) is 15.5 Å². The third-order valence-corrected chi connectivity index (χ3v) is 4.49. The van der Waals surface area contributed by atoms with E-state index in [-0.39, 0.29) is 18.5 Å². The maximum Gasteiger partial charge on any atom is 0.292 e. The van der Waals surface area contributed by atoms with Crippen LogP contribution in [0.2, 0.25) is 5.02 Å². The van der Waals surface area contributed by atoms with Crippen molar-refractivity contribution in [2.75, 3.05) is 6.54 Å². The van der Waals surface area contributed by atoms with E-state index in [1.54, 1.807) is 36.1 Å². The van der Waals surface area contributed by atoms with E-state index in [1.165, 1.54) is 0 Å². The van der Waals surface area contributed by atoms with Crippen LogP contribution in [0.15, 0.2) is 24.3 Å². The molecule has 1 saturated heterocycles. The number of hydrogen-bond donors (Lipinski definition) is 1. The molecule has 0 radical (unpaired) electrons. The molecule has 2 rings (SSSR count). The van der Waals surface area contributed by atoms with Gasteiger partial charge in [0.2, 0.25) is 0 Å². The molecular formula is C12H13BrClN3O3. The number of rotatable bonds is 4. The van der Waals surface area contributed by atoms with Crippen LogP contribution in [0, 0.1) is 10.1 Å². The van der Waals surface area contributed by atoms with Crippen LogP contribution in [0.25, 0.3) is 0 Å². The van der Waals surface area contributed by atoms with Crippen molar-refractivity contribution in [1.29, 1.82) is 0 Å². The Kier molecular flexibility index (Phi) is 4.74. The Labute approximate surface area is 129 Å². The monoisotopic (exact) mass is 361 g/mol. The summed E-state index contributed by atoms with van der Waals surface area (Å²) in [5, 5.41) is 14.3. The molecule has 0 aromatic heterocycles. The van der Waals surface area contributed by atoms with Crippen molar-refractivity contribution in [3.05, 3.63) is 45.0 Å². The van der Waals surface area contributed by atoms with Crippen LogP contribution < -0.4 is 5.32 Å². The van der Waals surface area contributed by atoms with Gasteiger partial charge in [0.05, 0.1) is 12.7 Å². The number of benzene rings is 1. The zero-order valence-electron chi connectivity index (χ0n) is 10.6. The zero-order valence-corrected chi connectivity index (χ0v) is 13.0. The van der Waals surface area contributed by atoms with E-state index < -0.39 is 16.0 Å². The molecule has 3 atom stereocenters. The number of hydrogen-bond acceptors (Lipinski definition) is 5. The van der Waals surface area contributed by atoms with Gasteiger partial charge in [-0.1, -0.05) is 27.5 Å². The lowest BCUT2D eigenvalue weighted by molar-refractivity contribution is -0.525. The van der Waals surface area contributed by atoms with E-state index in [0.29, 0.717) is 10.6 Å². The molecule has 0 unspecified atom stereocenters. The minimum atomic E-state index is -0.928. The van der Waals surface area contributed by atoms with E-state index in [4.69, 9.17) is 11.6 Å². The van der Waals surface area contributed by atoms with Gasteiger partial charge in [-0.2, -0.15) is 0 Å². The van der Waals surface area contributed by atoms with Gasteiger partial charge in [-0.3, -0.25) is 19.8 Å². The SMILES string of the molecule is C[C@H]1N[C@@H]([N+](=O)[O-])[C@@H](Br)N1CC(=O)c1ccc(Cl)cc1. The van der Waals surface area contributed by atoms with Gasteiger partial charge in [0.1, 0.15) is 0 Å². The van der Waals surface area contributed by atoms with Crippen molar-refractivity contribution in [2.24, 2.45) is 0 Å². The van der Waals surface area contributed by atoms with Crippen LogP contribution >= 0.6 is 27.5 Å². The summed E-state index contributed by atoms with van der Waals surface area (Å²) in [7, 11) is 0. The van der Waals surface area contributed by atoms with Crippen LogP contribution in [-0.2, 0) is 0 Å². The standard InChI is InChI=1S/C12H13BrClN3O3/c1-7-15-12(17(19)20)11(13)16(7)6-10(18)8-2-4-9(14)5-3-8/h2-5,7,11-12,15H,6H2,1H3/t7-,11-,12-/m0/s1. The summed E-state index contributed by atoms with van der Waals surface area (Å²) in [6.45, 7) is 1.88. The lowest BCUT2D eigenvalue weighted by atomic mass is 10.1. The highest BCUT2D eigenvalue weighted by atomic mass is 79.9. The molecule has 0 spiro atoms. The van der Waals surface area contributed by atoms with Crippen molar-refractivity contribution in [3.63, 3.8) is 0 Å². The number of Topliss-reactive ketones (excluding diaryl/α,β-unsaturated/α-hetero) is 1. The molecule has 0 amide bonds. The Balaban J connectivity index is 2.07. The number of halogens is 2. The number of carbonyl (C=O) groups excluding carboxylic acids is 1. The summed E-state index contributed by atoms with van der Waals surface area (Å²) in [5.41, 5.74) is 0.533. The minimum absolute atomic E-state index is 0.0933. The first kappa shape index (κ1) is 15.4. The number of nitrogens with one attached hydrogen (secondary N) is 1. The fourth-order valence-electron chi connectivity index (χ4n) is 2.10. The predicted molar refractivity (Wildman–Crippen MR) is 78.6 cm³/mol. The van der Waals surface area contributed by atoms with Gasteiger partial charge in [0.25, 0.3) is 6.17 Å². The summed E-state index contributed by atoms with van der Waals surface area (Å²) >= 11 is 9.05. The topological polar surface area (TPSA) is 75.5 Å². The molecule has 108 valence electrons. The highest BCUT2D eigenvalue weighted by Gasteiger charge is 2.44. The van der Waals surface area contributed by atoms with E-state index in [9.17, 15) is 14.9 Å². The quantitative estimate of drug-likeness (QED) is 0.292. The van der Waals surface area contributed by atoms with Crippen LogP contribution in [-0.4, -0.2) is 39.4 Å². The lowest BCUT2D eigenvalue weighted by Crippen LogP contribution is -2.39. The van der Waals surface area contributed by atoms with Gasteiger partial charge in [-0.15, -0.1) is 0 Å². The van der Waals surface area contributed by atoms with Crippen molar-refractivity contribution in [3.8, 4) is 0 Å². The molecular weight excluding hydrogens is 350 g/mol. The number of ketones is 1. The third kappa shape index (κ3) is 3.17. The zero-order chi connectivity index (χ0) is 14.9. The predicted octanol–water partition coefficient (Wildman–Crippen LogP) is 2.10. The number of nitro groups is 1. The number of carbonyl (C=O) groups is 1. The van der Waals surface area contributed by atoms with Crippen molar-refractivity contribution >= 4 is 33.3 Å². The molecule has 20 heavy (non-hydrogen) atoms. The van der Waals surface area contributed by atoms with Crippen LogP contribution in [0.5, 0.6) is 0 Å². The smallest absolute Gasteiger partial charge is 0.292 e. The fourth-order valence-corrected chi connectivity index (χ4v) is 3.07. The van der Waals surface area contributed by atoms with Gasteiger partial charge < -0.3 is 0 Å². The Morgan fingerprint density at radius 3 is 2.60 bits per heavy atom. The largest absolute Gasteiger partial charge is 0.293 e. The molecule has 6 nitrogen and oxygen atoms in total. The molecule has 1 aliphatic rings. The van der Waals surface area contributed by atoms with E-state index >= 15 is 0 Å². The molecule has 0 saturated carbocycles. The normalized spacial score (nSPS) is 26.6. The van der Waals surface area contributed by atoms with Gasteiger partial charge in [0.15, 0.2) is 10.7 Å². The van der Waals surface area contributed by atoms with Crippen molar-refractivity contribution < 1.29 is 9.72 Å². The first-order valence-electron chi connectivity index (χ1n) is 5.98. The Bertz CT molecular complexity index is 525. The van der Waals surface area contributed by atoms with Gasteiger partial charge in [-0.25, -0.2) is 5.32 Å². The molecule has 8 heteroatoms. The fraction of sp³-hybridized carbons (Fsp3) is 0.417. The van der Waals surface area contributed by atoms with Crippen molar-refractivity contribution in [1.82, 2.24) is 10.2 Å². The van der Waals surface area contributed by atoms with Crippen LogP contribution in [0.3, 0.4) is 0 Å². The summed E-state index contributed by atoms with van der Waals surface area (Å²) in [6.07, 6.45) is -1.19. The molecule has 1 aromatic rings. The second-order valence-corrected chi connectivity index (χ2v) is 5.92. The van der Waals surface area contributed by atoms with Gasteiger partial charge >= 0.3 is 0 Å². The Morgan fingerprint density at radius 1 is 1.50 bits per heavy atom. The van der Waals surface area contributed by atoms with E-state index in [1.807, 2.05) is 0 Å². The molecule has 1 heterocycles. The maximum atomic E-state index is 12.2. The summed E-state index contributed by atoms with van der Waals surface area (Å²) in [5.74, 6) is -0.108. The summed E-state index contributed by atoms with van der Waals surface area (Å²) < 4.78 is 0. The third-order valence-electron chi connectivity index (χ3n) is 3.21.